The lowest BCUT2D eigenvalue weighted by atomic mass is 9.81. The zero-order chi connectivity index (χ0) is 17.0. The van der Waals surface area contributed by atoms with E-state index in [2.05, 4.69) is 0 Å². The van der Waals surface area contributed by atoms with Gasteiger partial charge in [-0.15, -0.1) is 0 Å². The van der Waals surface area contributed by atoms with Crippen LogP contribution in [0.2, 0.25) is 0 Å². The zero-order valence-corrected chi connectivity index (χ0v) is 13.2. The molecule has 1 aliphatic rings. The van der Waals surface area contributed by atoms with Gasteiger partial charge < -0.3 is 14.4 Å². The number of aldehydes is 1. The van der Waals surface area contributed by atoms with Gasteiger partial charge in [-0.1, -0.05) is 42.5 Å². The van der Waals surface area contributed by atoms with Crippen molar-refractivity contribution in [3.63, 3.8) is 0 Å². The summed E-state index contributed by atoms with van der Waals surface area (Å²) in [6, 6.07) is 15.3. The highest BCUT2D eigenvalue weighted by molar-refractivity contribution is 5.74. The van der Waals surface area contributed by atoms with E-state index in [1.165, 1.54) is 17.0 Å². The second kappa shape index (κ2) is 6.83. The Morgan fingerprint density at radius 3 is 2.54 bits per heavy atom. The maximum atomic E-state index is 13.1. The van der Waals surface area contributed by atoms with Crippen LogP contribution in [0.25, 0.3) is 0 Å². The van der Waals surface area contributed by atoms with Crippen LogP contribution in [0.3, 0.4) is 0 Å². The third kappa shape index (κ3) is 3.30. The molecule has 5 heteroatoms. The molecule has 0 N–H and O–H groups in total. The van der Waals surface area contributed by atoms with Gasteiger partial charge in [-0.3, -0.25) is 0 Å². The Bertz CT molecular complexity index is 717. The molecule has 1 unspecified atom stereocenters. The quantitative estimate of drug-likeness (QED) is 0.810. The summed E-state index contributed by atoms with van der Waals surface area (Å²) < 4.78 is 18.4. The molecular formula is C19H18FNO3. The van der Waals surface area contributed by atoms with Crippen LogP contribution in [0.15, 0.2) is 54.6 Å². The summed E-state index contributed by atoms with van der Waals surface area (Å²) >= 11 is 0. The van der Waals surface area contributed by atoms with Crippen LogP contribution in [-0.2, 0) is 21.6 Å². The Balaban J connectivity index is 1.65. The molecule has 1 amide bonds. The number of likely N-dealkylation sites (tertiary alicyclic amines) is 1. The standard InChI is InChI=1S/C19H18FNO3/c20-17-8-6-16(7-9-17)19(14-22)10-11-21(13-19)18(23)24-12-15-4-2-1-3-5-15/h1-9,14H,10-13H2. The summed E-state index contributed by atoms with van der Waals surface area (Å²) in [5.74, 6) is -0.350. The molecule has 1 heterocycles. The molecular weight excluding hydrogens is 309 g/mol. The normalized spacial score (nSPS) is 20.0. The average molecular weight is 327 g/mol. The van der Waals surface area contributed by atoms with Crippen molar-refractivity contribution < 1.29 is 18.7 Å². The minimum Gasteiger partial charge on any atom is -0.445 e. The first-order valence-corrected chi connectivity index (χ1v) is 7.81. The fraction of sp³-hybridized carbons (Fsp3) is 0.263. The van der Waals surface area contributed by atoms with Crippen molar-refractivity contribution in [1.82, 2.24) is 4.90 Å². The molecule has 0 aliphatic carbocycles. The monoisotopic (exact) mass is 327 g/mol. The highest BCUT2D eigenvalue weighted by atomic mass is 19.1. The molecule has 1 fully saturated rings. The predicted octanol–water partition coefficient (Wildman–Crippen LogP) is 3.30. The zero-order valence-electron chi connectivity index (χ0n) is 13.2. The van der Waals surface area contributed by atoms with Crippen LogP contribution < -0.4 is 0 Å². The molecule has 1 atom stereocenters. The first kappa shape index (κ1) is 16.2. The summed E-state index contributed by atoms with van der Waals surface area (Å²) in [5.41, 5.74) is 0.835. The Morgan fingerprint density at radius 1 is 1.17 bits per heavy atom. The molecule has 0 radical (unpaired) electrons. The molecule has 2 aromatic carbocycles. The van der Waals surface area contributed by atoms with Gasteiger partial charge in [0.25, 0.3) is 0 Å². The van der Waals surface area contributed by atoms with Gasteiger partial charge in [-0.25, -0.2) is 9.18 Å². The van der Waals surface area contributed by atoms with Crippen molar-refractivity contribution in [3.05, 3.63) is 71.5 Å². The van der Waals surface area contributed by atoms with Crippen LogP contribution in [0, 0.1) is 5.82 Å². The summed E-state index contributed by atoms with van der Waals surface area (Å²) in [6.07, 6.45) is 0.914. The number of rotatable bonds is 4. The number of nitrogens with zero attached hydrogens (tertiary/aromatic N) is 1. The molecule has 2 aromatic rings. The van der Waals surface area contributed by atoms with E-state index in [0.717, 1.165) is 17.4 Å². The van der Waals surface area contributed by atoms with Gasteiger partial charge in [0.15, 0.2) is 0 Å². The van der Waals surface area contributed by atoms with Crippen molar-refractivity contribution in [2.45, 2.75) is 18.4 Å². The first-order chi connectivity index (χ1) is 11.6. The molecule has 124 valence electrons. The minimum atomic E-state index is -0.792. The van der Waals surface area contributed by atoms with Crippen LogP contribution in [-0.4, -0.2) is 30.4 Å². The van der Waals surface area contributed by atoms with Crippen molar-refractivity contribution >= 4 is 12.4 Å². The fourth-order valence-corrected chi connectivity index (χ4v) is 2.98. The van der Waals surface area contributed by atoms with E-state index < -0.39 is 11.5 Å². The van der Waals surface area contributed by atoms with E-state index in [-0.39, 0.29) is 19.0 Å². The number of carbonyl (C=O) groups is 2. The number of hydrogen-bond donors (Lipinski definition) is 0. The first-order valence-electron chi connectivity index (χ1n) is 7.81. The van der Waals surface area contributed by atoms with E-state index in [1.54, 1.807) is 12.1 Å². The second-order valence-electron chi connectivity index (χ2n) is 5.99. The van der Waals surface area contributed by atoms with Crippen LogP contribution in [0.5, 0.6) is 0 Å². The van der Waals surface area contributed by atoms with Gasteiger partial charge in [0.2, 0.25) is 0 Å². The molecule has 0 aromatic heterocycles. The third-order valence-electron chi connectivity index (χ3n) is 4.41. The topological polar surface area (TPSA) is 46.6 Å². The molecule has 3 rings (SSSR count). The molecule has 0 spiro atoms. The Morgan fingerprint density at radius 2 is 1.88 bits per heavy atom. The Labute approximate surface area is 139 Å². The lowest BCUT2D eigenvalue weighted by Crippen LogP contribution is -2.35. The van der Waals surface area contributed by atoms with E-state index in [0.29, 0.717) is 13.0 Å². The largest absolute Gasteiger partial charge is 0.445 e. The SMILES string of the molecule is O=CC1(c2ccc(F)cc2)CCN(C(=O)OCc2ccccc2)C1. The number of amides is 1. The van der Waals surface area contributed by atoms with Crippen molar-refractivity contribution in [1.29, 1.82) is 0 Å². The number of benzene rings is 2. The summed E-state index contributed by atoms with van der Waals surface area (Å²) in [6.45, 7) is 0.875. The maximum Gasteiger partial charge on any atom is 0.410 e. The lowest BCUT2D eigenvalue weighted by molar-refractivity contribution is -0.112. The summed E-state index contributed by atoms with van der Waals surface area (Å²) in [7, 11) is 0. The predicted molar refractivity (Wildman–Crippen MR) is 87.0 cm³/mol. The van der Waals surface area contributed by atoms with E-state index in [9.17, 15) is 14.0 Å². The fourth-order valence-electron chi connectivity index (χ4n) is 2.98. The maximum absolute atomic E-state index is 13.1. The molecule has 4 nitrogen and oxygen atoms in total. The van der Waals surface area contributed by atoms with Gasteiger partial charge in [0, 0.05) is 13.1 Å². The van der Waals surface area contributed by atoms with Crippen LogP contribution >= 0.6 is 0 Å². The van der Waals surface area contributed by atoms with E-state index in [1.807, 2.05) is 30.3 Å². The number of hydrogen-bond acceptors (Lipinski definition) is 3. The van der Waals surface area contributed by atoms with Crippen molar-refractivity contribution in [3.8, 4) is 0 Å². The molecule has 1 aliphatic heterocycles. The van der Waals surface area contributed by atoms with E-state index in [4.69, 9.17) is 4.74 Å². The van der Waals surface area contributed by atoms with Crippen LogP contribution in [0.4, 0.5) is 9.18 Å². The van der Waals surface area contributed by atoms with Crippen molar-refractivity contribution in [2.24, 2.45) is 0 Å². The molecule has 1 saturated heterocycles. The Hall–Kier alpha value is -2.69. The number of carbonyl (C=O) groups excluding carboxylic acids is 2. The van der Waals surface area contributed by atoms with Gasteiger partial charge in [0.1, 0.15) is 18.7 Å². The van der Waals surface area contributed by atoms with Gasteiger partial charge >= 0.3 is 6.09 Å². The van der Waals surface area contributed by atoms with Gasteiger partial charge in [0.05, 0.1) is 5.41 Å². The van der Waals surface area contributed by atoms with Crippen LogP contribution in [0.1, 0.15) is 17.5 Å². The molecule has 0 saturated carbocycles. The molecule has 0 bridgehead atoms. The Kier molecular flexibility index (Phi) is 4.60. The number of halogens is 1. The minimum absolute atomic E-state index is 0.195. The second-order valence-corrected chi connectivity index (χ2v) is 5.99. The average Bonchev–Trinajstić information content (AvgIpc) is 3.07. The smallest absolute Gasteiger partial charge is 0.410 e. The molecule has 24 heavy (non-hydrogen) atoms. The lowest BCUT2D eigenvalue weighted by Gasteiger charge is -2.23. The van der Waals surface area contributed by atoms with E-state index >= 15 is 0 Å². The highest BCUT2D eigenvalue weighted by Crippen LogP contribution is 2.33. The summed E-state index contributed by atoms with van der Waals surface area (Å²) in [5, 5.41) is 0. The van der Waals surface area contributed by atoms with Gasteiger partial charge in [-0.2, -0.15) is 0 Å². The summed E-state index contributed by atoms with van der Waals surface area (Å²) in [4.78, 5) is 25.5. The third-order valence-corrected chi connectivity index (χ3v) is 4.41. The van der Waals surface area contributed by atoms with Crippen molar-refractivity contribution in [2.75, 3.05) is 13.1 Å². The van der Waals surface area contributed by atoms with Gasteiger partial charge in [-0.05, 0) is 29.7 Å². The highest BCUT2D eigenvalue weighted by Gasteiger charge is 2.42. The number of ether oxygens (including phenoxy) is 1.